The Morgan fingerprint density at radius 1 is 1.32 bits per heavy atom. The van der Waals surface area contributed by atoms with E-state index in [0.717, 1.165) is 11.4 Å². The molecule has 1 heterocycles. The summed E-state index contributed by atoms with van der Waals surface area (Å²) in [5, 5.41) is 12.0. The number of carbonyl (C=O) groups excluding carboxylic acids is 1. The minimum Gasteiger partial charge on any atom is -0.346 e. The first-order chi connectivity index (χ1) is 10.2. The van der Waals surface area contributed by atoms with Crippen LogP contribution in [0.25, 0.3) is 0 Å². The molecule has 0 radical (unpaired) electrons. The van der Waals surface area contributed by atoms with E-state index in [9.17, 15) is 13.2 Å². The van der Waals surface area contributed by atoms with Crippen LogP contribution in [0, 0.1) is 13.8 Å². The molecule has 3 N–H and O–H groups in total. The van der Waals surface area contributed by atoms with E-state index in [1.165, 1.54) is 12.1 Å². The molecule has 22 heavy (non-hydrogen) atoms. The van der Waals surface area contributed by atoms with Gasteiger partial charge in [-0.2, -0.15) is 5.10 Å². The predicted octanol–water partition coefficient (Wildman–Crippen LogP) is 0.614. The monoisotopic (exact) mass is 322 g/mol. The number of nitrogens with one attached hydrogen (secondary N) is 1. The zero-order valence-electron chi connectivity index (χ0n) is 12.6. The molecule has 1 aromatic heterocycles. The van der Waals surface area contributed by atoms with Crippen LogP contribution in [0.3, 0.4) is 0 Å². The summed E-state index contributed by atoms with van der Waals surface area (Å²) in [5.41, 5.74) is 2.67. The highest BCUT2D eigenvalue weighted by Crippen LogP contribution is 2.14. The Morgan fingerprint density at radius 3 is 2.55 bits per heavy atom. The Bertz CT molecular complexity index is 825. The van der Waals surface area contributed by atoms with Crippen molar-refractivity contribution in [3.8, 4) is 0 Å². The number of rotatable bonds is 4. The van der Waals surface area contributed by atoms with Crippen molar-refractivity contribution in [2.24, 2.45) is 12.2 Å². The Kier molecular flexibility index (Phi) is 4.34. The molecular formula is C14H18N4O3S. The van der Waals surface area contributed by atoms with Crippen LogP contribution < -0.4 is 10.5 Å². The van der Waals surface area contributed by atoms with E-state index >= 15 is 0 Å². The minimum atomic E-state index is -3.84. The van der Waals surface area contributed by atoms with Gasteiger partial charge in [-0.15, -0.1) is 0 Å². The average Bonchev–Trinajstić information content (AvgIpc) is 2.73. The number of amides is 1. The van der Waals surface area contributed by atoms with E-state index in [2.05, 4.69) is 10.4 Å². The summed E-state index contributed by atoms with van der Waals surface area (Å²) in [4.78, 5) is 12.2. The molecule has 0 aliphatic rings. The first-order valence-corrected chi connectivity index (χ1v) is 8.14. The highest BCUT2D eigenvalue weighted by atomic mass is 32.2. The van der Waals surface area contributed by atoms with Crippen molar-refractivity contribution in [3.05, 3.63) is 46.8 Å². The van der Waals surface area contributed by atoms with Crippen LogP contribution in [0.4, 0.5) is 0 Å². The lowest BCUT2D eigenvalue weighted by Crippen LogP contribution is -2.25. The van der Waals surface area contributed by atoms with Gasteiger partial charge in [-0.1, -0.05) is 6.07 Å². The van der Waals surface area contributed by atoms with E-state index in [1.54, 1.807) is 24.7 Å². The standard InChI is InChI=1S/C14H18N4O3S/c1-9-4-5-12(22(15,20)21)7-13(9)14(19)16-8-11-6-10(2)17-18(11)3/h4-7H,8H2,1-3H3,(H,16,19)(H2,15,20,21). The number of hydrogen-bond donors (Lipinski definition) is 2. The van der Waals surface area contributed by atoms with Gasteiger partial charge in [0.1, 0.15) is 0 Å². The number of nitrogens with zero attached hydrogens (tertiary/aromatic N) is 2. The smallest absolute Gasteiger partial charge is 0.251 e. The number of aryl methyl sites for hydroxylation is 3. The molecule has 1 aromatic carbocycles. The second-order valence-corrected chi connectivity index (χ2v) is 6.67. The third-order valence-corrected chi connectivity index (χ3v) is 4.22. The molecule has 0 aliphatic heterocycles. The number of carbonyl (C=O) groups is 1. The summed E-state index contributed by atoms with van der Waals surface area (Å²) < 4.78 is 24.4. The van der Waals surface area contributed by atoms with Crippen LogP contribution in [-0.4, -0.2) is 24.1 Å². The summed E-state index contributed by atoms with van der Waals surface area (Å²) in [5.74, 6) is -0.359. The lowest BCUT2D eigenvalue weighted by atomic mass is 10.1. The Morgan fingerprint density at radius 2 is 2.00 bits per heavy atom. The van der Waals surface area contributed by atoms with Crippen molar-refractivity contribution in [1.82, 2.24) is 15.1 Å². The topological polar surface area (TPSA) is 107 Å². The van der Waals surface area contributed by atoms with Crippen LogP contribution in [0.5, 0.6) is 0 Å². The number of aromatic nitrogens is 2. The molecule has 2 rings (SSSR count). The zero-order chi connectivity index (χ0) is 16.5. The van der Waals surface area contributed by atoms with E-state index in [-0.39, 0.29) is 16.4 Å². The SMILES string of the molecule is Cc1cc(CNC(=O)c2cc(S(N)(=O)=O)ccc2C)n(C)n1. The quantitative estimate of drug-likeness (QED) is 0.860. The summed E-state index contributed by atoms with van der Waals surface area (Å²) >= 11 is 0. The van der Waals surface area contributed by atoms with Crippen molar-refractivity contribution in [1.29, 1.82) is 0 Å². The lowest BCUT2D eigenvalue weighted by Gasteiger charge is -2.09. The van der Waals surface area contributed by atoms with Crippen LogP contribution >= 0.6 is 0 Å². The molecule has 0 atom stereocenters. The van der Waals surface area contributed by atoms with Gasteiger partial charge in [0.15, 0.2) is 0 Å². The predicted molar refractivity (Wildman–Crippen MR) is 81.7 cm³/mol. The van der Waals surface area contributed by atoms with E-state index in [0.29, 0.717) is 12.1 Å². The van der Waals surface area contributed by atoms with Crippen LogP contribution in [0.15, 0.2) is 29.2 Å². The van der Waals surface area contributed by atoms with Crippen molar-refractivity contribution in [3.63, 3.8) is 0 Å². The number of hydrogen-bond acceptors (Lipinski definition) is 4. The maximum Gasteiger partial charge on any atom is 0.251 e. The van der Waals surface area contributed by atoms with E-state index in [1.807, 2.05) is 13.0 Å². The van der Waals surface area contributed by atoms with Gasteiger partial charge < -0.3 is 5.32 Å². The zero-order valence-corrected chi connectivity index (χ0v) is 13.4. The Hall–Kier alpha value is -2.19. The van der Waals surface area contributed by atoms with Gasteiger partial charge in [-0.25, -0.2) is 13.6 Å². The summed E-state index contributed by atoms with van der Waals surface area (Å²) in [6.45, 7) is 3.90. The highest BCUT2D eigenvalue weighted by molar-refractivity contribution is 7.89. The summed E-state index contributed by atoms with van der Waals surface area (Å²) in [7, 11) is -2.05. The first kappa shape index (κ1) is 16.2. The second kappa shape index (κ2) is 5.90. The maximum atomic E-state index is 12.3. The minimum absolute atomic E-state index is 0.0837. The van der Waals surface area contributed by atoms with Crippen molar-refractivity contribution in [2.45, 2.75) is 25.3 Å². The number of nitrogens with two attached hydrogens (primary N) is 1. The fourth-order valence-corrected chi connectivity index (χ4v) is 2.66. The molecular weight excluding hydrogens is 304 g/mol. The summed E-state index contributed by atoms with van der Waals surface area (Å²) in [6.07, 6.45) is 0. The summed E-state index contributed by atoms with van der Waals surface area (Å²) in [6, 6.07) is 6.09. The third kappa shape index (κ3) is 3.52. The molecule has 7 nitrogen and oxygen atoms in total. The molecule has 8 heteroatoms. The van der Waals surface area contributed by atoms with Crippen molar-refractivity contribution in [2.75, 3.05) is 0 Å². The molecule has 0 aliphatic carbocycles. The first-order valence-electron chi connectivity index (χ1n) is 6.59. The molecule has 0 bridgehead atoms. The van der Waals surface area contributed by atoms with E-state index in [4.69, 9.17) is 5.14 Å². The van der Waals surface area contributed by atoms with Crippen molar-refractivity contribution < 1.29 is 13.2 Å². The Balaban J connectivity index is 2.21. The normalized spacial score (nSPS) is 11.5. The lowest BCUT2D eigenvalue weighted by molar-refractivity contribution is 0.0949. The van der Waals surface area contributed by atoms with Gasteiger partial charge >= 0.3 is 0 Å². The average molecular weight is 322 g/mol. The van der Waals surface area contributed by atoms with Gasteiger partial charge in [0.2, 0.25) is 10.0 Å². The largest absolute Gasteiger partial charge is 0.346 e. The molecule has 118 valence electrons. The molecule has 2 aromatic rings. The van der Waals surface area contributed by atoms with Crippen molar-refractivity contribution >= 4 is 15.9 Å². The fourth-order valence-electron chi connectivity index (χ4n) is 2.12. The van der Waals surface area contributed by atoms with Gasteiger partial charge in [0.25, 0.3) is 5.91 Å². The van der Waals surface area contributed by atoms with Crippen LogP contribution in [0.2, 0.25) is 0 Å². The van der Waals surface area contributed by atoms with E-state index < -0.39 is 10.0 Å². The van der Waals surface area contributed by atoms with Gasteiger partial charge in [-0.05, 0) is 37.6 Å². The van der Waals surface area contributed by atoms with Gasteiger partial charge in [0.05, 0.1) is 22.8 Å². The highest BCUT2D eigenvalue weighted by Gasteiger charge is 2.15. The fraction of sp³-hybridized carbons (Fsp3) is 0.286. The molecule has 0 spiro atoms. The number of benzene rings is 1. The second-order valence-electron chi connectivity index (χ2n) is 5.11. The number of sulfonamides is 1. The molecule has 0 saturated heterocycles. The van der Waals surface area contributed by atoms with Crippen LogP contribution in [0.1, 0.15) is 27.3 Å². The molecule has 1 amide bonds. The van der Waals surface area contributed by atoms with Gasteiger partial charge in [0, 0.05) is 12.6 Å². The molecule has 0 fully saturated rings. The van der Waals surface area contributed by atoms with Gasteiger partial charge in [-0.3, -0.25) is 9.48 Å². The number of primary sulfonamides is 1. The Labute approximate surface area is 129 Å². The molecule has 0 unspecified atom stereocenters. The van der Waals surface area contributed by atoms with Crippen LogP contribution in [-0.2, 0) is 23.6 Å². The maximum absolute atomic E-state index is 12.3. The molecule has 0 saturated carbocycles. The third-order valence-electron chi connectivity index (χ3n) is 3.31.